The van der Waals surface area contributed by atoms with Gasteiger partial charge < -0.3 is 4.90 Å². The highest BCUT2D eigenvalue weighted by Crippen LogP contribution is 2.36. The van der Waals surface area contributed by atoms with Gasteiger partial charge in [-0.05, 0) is 43.5 Å². The fourth-order valence-electron chi connectivity index (χ4n) is 4.08. The first-order valence-corrected chi connectivity index (χ1v) is 10.4. The summed E-state index contributed by atoms with van der Waals surface area (Å²) in [4.78, 5) is 17.2. The van der Waals surface area contributed by atoms with E-state index in [1.54, 1.807) is 11.3 Å². The molecule has 0 saturated carbocycles. The minimum atomic E-state index is 0.0873. The van der Waals surface area contributed by atoms with E-state index in [4.69, 9.17) is 5.10 Å². The Hall–Kier alpha value is -2.92. The first-order chi connectivity index (χ1) is 13.6. The highest BCUT2D eigenvalue weighted by Gasteiger charge is 2.32. The predicted molar refractivity (Wildman–Crippen MR) is 114 cm³/mol. The molecule has 0 radical (unpaired) electrons. The Bertz CT molecular complexity index is 1180. The average molecular weight is 388 g/mol. The summed E-state index contributed by atoms with van der Waals surface area (Å²) in [6.07, 6.45) is 0.910. The van der Waals surface area contributed by atoms with Gasteiger partial charge in [0.2, 0.25) is 0 Å². The van der Waals surface area contributed by atoms with Crippen LogP contribution in [0.15, 0.2) is 60.7 Å². The number of thiophene rings is 1. The smallest absolute Gasteiger partial charge is 0.268 e. The number of anilines is 1. The maximum atomic E-state index is 13.4. The Morgan fingerprint density at radius 1 is 1.14 bits per heavy atom. The van der Waals surface area contributed by atoms with Crippen molar-refractivity contribution in [3.8, 4) is 0 Å². The Morgan fingerprint density at radius 3 is 2.71 bits per heavy atom. The van der Waals surface area contributed by atoms with E-state index in [2.05, 4.69) is 25.1 Å². The quantitative estimate of drug-likeness (QED) is 0.494. The van der Waals surface area contributed by atoms with E-state index in [9.17, 15) is 4.79 Å². The van der Waals surface area contributed by atoms with E-state index in [-0.39, 0.29) is 11.9 Å². The number of carbonyl (C=O) groups is 1. The standard InChI is InChI=1S/C23H21N3OS/c1-15-12-18-10-6-7-11-20(18)26(15)22(27)21-13-19-16(2)24-25(23(19)28-21)14-17-8-4-3-5-9-17/h3-11,13,15H,12,14H2,1-2H3/t15-/m0/s1. The van der Waals surface area contributed by atoms with Crippen molar-refractivity contribution in [2.75, 3.05) is 4.90 Å². The molecule has 0 saturated heterocycles. The van der Waals surface area contributed by atoms with Crippen LogP contribution < -0.4 is 4.90 Å². The van der Waals surface area contributed by atoms with Gasteiger partial charge in [-0.1, -0.05) is 48.5 Å². The number of para-hydroxylation sites is 1. The van der Waals surface area contributed by atoms with Crippen LogP contribution >= 0.6 is 11.3 Å². The van der Waals surface area contributed by atoms with Gasteiger partial charge in [-0.15, -0.1) is 11.3 Å². The van der Waals surface area contributed by atoms with Crippen molar-refractivity contribution < 1.29 is 4.79 Å². The van der Waals surface area contributed by atoms with Gasteiger partial charge in [-0.25, -0.2) is 0 Å². The van der Waals surface area contributed by atoms with Crippen LogP contribution in [0.4, 0.5) is 5.69 Å². The number of amides is 1. The van der Waals surface area contributed by atoms with Gasteiger partial charge in [-0.2, -0.15) is 5.10 Å². The first-order valence-electron chi connectivity index (χ1n) is 9.54. The Balaban J connectivity index is 1.52. The maximum Gasteiger partial charge on any atom is 0.268 e. The van der Waals surface area contributed by atoms with Crippen LogP contribution in [-0.2, 0) is 13.0 Å². The number of hydrogen-bond donors (Lipinski definition) is 0. The molecule has 0 aliphatic carbocycles. The van der Waals surface area contributed by atoms with Crippen LogP contribution in [0.5, 0.6) is 0 Å². The summed E-state index contributed by atoms with van der Waals surface area (Å²) in [6.45, 7) is 4.84. The number of hydrogen-bond acceptors (Lipinski definition) is 3. The predicted octanol–water partition coefficient (Wildman–Crippen LogP) is 5.05. The molecule has 140 valence electrons. The molecular formula is C23H21N3OS. The minimum absolute atomic E-state index is 0.0873. The lowest BCUT2D eigenvalue weighted by molar-refractivity contribution is 0.0985. The van der Waals surface area contributed by atoms with Crippen LogP contribution in [0.25, 0.3) is 10.2 Å². The van der Waals surface area contributed by atoms with Gasteiger partial charge in [0.25, 0.3) is 5.91 Å². The van der Waals surface area contributed by atoms with Crippen molar-refractivity contribution in [3.05, 3.63) is 82.4 Å². The third-order valence-corrected chi connectivity index (χ3v) is 6.56. The second-order valence-corrected chi connectivity index (χ2v) is 8.45. The zero-order chi connectivity index (χ0) is 19.3. The molecule has 0 bridgehead atoms. The molecule has 28 heavy (non-hydrogen) atoms. The van der Waals surface area contributed by atoms with Crippen LogP contribution in [0, 0.1) is 6.92 Å². The van der Waals surface area contributed by atoms with Gasteiger partial charge in [-0.3, -0.25) is 9.48 Å². The molecule has 2 aromatic heterocycles. The van der Waals surface area contributed by atoms with Gasteiger partial charge in [0.1, 0.15) is 4.83 Å². The fourth-order valence-corrected chi connectivity index (χ4v) is 5.17. The summed E-state index contributed by atoms with van der Waals surface area (Å²) in [6, 6.07) is 20.7. The zero-order valence-corrected chi connectivity index (χ0v) is 16.7. The number of nitrogens with zero attached hydrogens (tertiary/aromatic N) is 3. The van der Waals surface area contributed by atoms with Crippen molar-refractivity contribution in [2.45, 2.75) is 32.9 Å². The van der Waals surface area contributed by atoms with Gasteiger partial charge in [0.15, 0.2) is 0 Å². The molecule has 0 unspecified atom stereocenters. The van der Waals surface area contributed by atoms with Crippen molar-refractivity contribution >= 4 is 33.1 Å². The lowest BCUT2D eigenvalue weighted by Gasteiger charge is -2.21. The van der Waals surface area contributed by atoms with E-state index in [0.29, 0.717) is 6.54 Å². The first kappa shape index (κ1) is 17.2. The molecule has 4 aromatic rings. The average Bonchev–Trinajstić information content (AvgIpc) is 3.35. The third-order valence-electron chi connectivity index (χ3n) is 5.42. The molecule has 5 rings (SSSR count). The van der Waals surface area contributed by atoms with Gasteiger partial charge in [0.05, 0.1) is 17.1 Å². The normalized spacial score (nSPS) is 15.9. The second-order valence-electron chi connectivity index (χ2n) is 7.42. The zero-order valence-electron chi connectivity index (χ0n) is 15.9. The largest absolute Gasteiger partial charge is 0.304 e. The van der Waals surface area contributed by atoms with Crippen LogP contribution in [0.1, 0.15) is 33.4 Å². The van der Waals surface area contributed by atoms with Crippen molar-refractivity contribution in [3.63, 3.8) is 0 Å². The molecule has 1 aliphatic rings. The summed E-state index contributed by atoms with van der Waals surface area (Å²) < 4.78 is 2.02. The van der Waals surface area contributed by atoms with Gasteiger partial charge >= 0.3 is 0 Å². The maximum absolute atomic E-state index is 13.4. The van der Waals surface area contributed by atoms with Crippen molar-refractivity contribution in [1.82, 2.24) is 9.78 Å². The lowest BCUT2D eigenvalue weighted by atomic mass is 10.1. The fraction of sp³-hybridized carbons (Fsp3) is 0.217. The molecule has 0 spiro atoms. The second kappa shape index (κ2) is 6.60. The topological polar surface area (TPSA) is 38.1 Å². The summed E-state index contributed by atoms with van der Waals surface area (Å²) in [7, 11) is 0. The number of aryl methyl sites for hydroxylation is 1. The third kappa shape index (κ3) is 2.74. The van der Waals surface area contributed by atoms with Crippen molar-refractivity contribution in [1.29, 1.82) is 0 Å². The molecule has 0 N–H and O–H groups in total. The summed E-state index contributed by atoms with van der Waals surface area (Å²) in [5, 5.41) is 5.77. The SMILES string of the molecule is Cc1nn(Cc2ccccc2)c2sc(C(=O)N3c4ccccc4C[C@@H]3C)cc12. The molecule has 5 heteroatoms. The number of benzene rings is 2. The van der Waals surface area contributed by atoms with Crippen LogP contribution in [0.3, 0.4) is 0 Å². The number of fused-ring (bicyclic) bond motifs is 2. The molecular weight excluding hydrogens is 366 g/mol. The van der Waals surface area contributed by atoms with E-state index in [1.807, 2.05) is 59.0 Å². The van der Waals surface area contributed by atoms with E-state index < -0.39 is 0 Å². The number of aromatic nitrogens is 2. The van der Waals surface area contributed by atoms with Crippen LogP contribution in [0.2, 0.25) is 0 Å². The highest BCUT2D eigenvalue weighted by atomic mass is 32.1. The summed E-state index contributed by atoms with van der Waals surface area (Å²) >= 11 is 1.54. The van der Waals surface area contributed by atoms with E-state index >= 15 is 0 Å². The van der Waals surface area contributed by atoms with E-state index in [0.717, 1.165) is 32.9 Å². The number of carbonyl (C=O) groups excluding carboxylic acids is 1. The van der Waals surface area contributed by atoms with E-state index in [1.165, 1.54) is 11.1 Å². The molecule has 0 fully saturated rings. The molecule has 1 atom stereocenters. The molecule has 3 heterocycles. The Morgan fingerprint density at radius 2 is 1.89 bits per heavy atom. The molecule has 1 aliphatic heterocycles. The number of rotatable bonds is 3. The van der Waals surface area contributed by atoms with Gasteiger partial charge in [0, 0.05) is 17.1 Å². The van der Waals surface area contributed by atoms with Crippen LogP contribution in [-0.4, -0.2) is 21.7 Å². The lowest BCUT2D eigenvalue weighted by Crippen LogP contribution is -2.35. The minimum Gasteiger partial charge on any atom is -0.304 e. The van der Waals surface area contributed by atoms with Crippen molar-refractivity contribution in [2.24, 2.45) is 0 Å². The Labute approximate surface area is 168 Å². The molecule has 1 amide bonds. The summed E-state index contributed by atoms with van der Waals surface area (Å²) in [5.74, 6) is 0.0873. The molecule has 4 nitrogen and oxygen atoms in total. The highest BCUT2D eigenvalue weighted by molar-refractivity contribution is 7.20. The monoisotopic (exact) mass is 387 g/mol. The Kier molecular flexibility index (Phi) is 4.05. The summed E-state index contributed by atoms with van der Waals surface area (Å²) in [5.41, 5.74) is 4.46. The molecule has 2 aromatic carbocycles.